The van der Waals surface area contributed by atoms with E-state index in [2.05, 4.69) is 6.07 Å². The molecule has 0 saturated carbocycles. The molecular formula is C16H20N2O2. The van der Waals surface area contributed by atoms with E-state index in [9.17, 15) is 4.79 Å². The Morgan fingerprint density at radius 1 is 1.20 bits per heavy atom. The first kappa shape index (κ1) is 14.3. The topological polar surface area (TPSA) is 55.6 Å². The molecule has 0 aliphatic carbocycles. The highest BCUT2D eigenvalue weighted by atomic mass is 16.5. The summed E-state index contributed by atoms with van der Waals surface area (Å²) in [6.07, 6.45) is 1.60. The second-order valence-electron chi connectivity index (χ2n) is 4.92. The molecule has 0 unspecified atom stereocenters. The first-order valence-electron chi connectivity index (χ1n) is 6.69. The average Bonchev–Trinajstić information content (AvgIpc) is 2.46. The molecule has 0 saturated heterocycles. The minimum atomic E-state index is 0.524. The van der Waals surface area contributed by atoms with Crippen molar-refractivity contribution in [2.75, 3.05) is 32.1 Å². The van der Waals surface area contributed by atoms with Crippen LogP contribution in [-0.2, 0) is 0 Å². The summed E-state index contributed by atoms with van der Waals surface area (Å²) in [5, 5.41) is 2.09. The number of aldehydes is 1. The lowest BCUT2D eigenvalue weighted by molar-refractivity contribution is 0.111. The summed E-state index contributed by atoms with van der Waals surface area (Å²) in [6, 6.07) is 9.91. The van der Waals surface area contributed by atoms with E-state index < -0.39 is 0 Å². The predicted molar refractivity (Wildman–Crippen MR) is 82.8 cm³/mol. The lowest BCUT2D eigenvalue weighted by Gasteiger charge is -2.14. The van der Waals surface area contributed by atoms with Crippen LogP contribution in [0.4, 0.5) is 5.69 Å². The van der Waals surface area contributed by atoms with E-state index in [1.54, 1.807) is 0 Å². The van der Waals surface area contributed by atoms with Crippen LogP contribution in [0.25, 0.3) is 10.8 Å². The van der Waals surface area contributed by atoms with Crippen LogP contribution >= 0.6 is 0 Å². The van der Waals surface area contributed by atoms with Crippen molar-refractivity contribution in [2.24, 2.45) is 5.73 Å². The molecule has 0 radical (unpaired) electrons. The molecule has 2 N–H and O–H groups in total. The molecule has 0 fully saturated rings. The Kier molecular flexibility index (Phi) is 4.58. The number of hydrogen-bond donors (Lipinski definition) is 1. The quantitative estimate of drug-likeness (QED) is 0.648. The van der Waals surface area contributed by atoms with Crippen molar-refractivity contribution in [1.82, 2.24) is 0 Å². The van der Waals surface area contributed by atoms with Crippen LogP contribution in [-0.4, -0.2) is 33.5 Å². The number of carbonyl (C=O) groups excluding carboxylic acids is 1. The number of hydrogen-bond acceptors (Lipinski definition) is 4. The molecule has 106 valence electrons. The van der Waals surface area contributed by atoms with Gasteiger partial charge in [-0.3, -0.25) is 4.79 Å². The van der Waals surface area contributed by atoms with Gasteiger partial charge in [-0.15, -0.1) is 0 Å². The predicted octanol–water partition coefficient (Wildman–Crippen LogP) is 2.45. The zero-order chi connectivity index (χ0) is 14.5. The number of fused-ring (bicyclic) bond motifs is 1. The smallest absolute Gasteiger partial charge is 0.153 e. The molecule has 0 spiro atoms. The van der Waals surface area contributed by atoms with Gasteiger partial charge in [0.25, 0.3) is 0 Å². The van der Waals surface area contributed by atoms with Crippen molar-refractivity contribution in [2.45, 2.75) is 6.42 Å². The normalized spacial score (nSPS) is 10.6. The molecule has 0 amide bonds. The van der Waals surface area contributed by atoms with Gasteiger partial charge in [0, 0.05) is 19.8 Å². The molecule has 20 heavy (non-hydrogen) atoms. The van der Waals surface area contributed by atoms with Crippen LogP contribution in [0, 0.1) is 0 Å². The van der Waals surface area contributed by atoms with Crippen molar-refractivity contribution in [3.63, 3.8) is 0 Å². The lowest BCUT2D eigenvalue weighted by Crippen LogP contribution is -2.08. The third-order valence-electron chi connectivity index (χ3n) is 3.20. The Bertz CT molecular complexity index is 609. The van der Waals surface area contributed by atoms with Crippen molar-refractivity contribution >= 4 is 22.7 Å². The SMILES string of the molecule is CN(C)c1ccc2cc(C=O)c(OCCCN)cc2c1. The van der Waals surface area contributed by atoms with E-state index in [0.717, 1.165) is 29.2 Å². The summed E-state index contributed by atoms with van der Waals surface area (Å²) >= 11 is 0. The Labute approximate surface area is 119 Å². The first-order valence-corrected chi connectivity index (χ1v) is 6.69. The number of ether oxygens (including phenoxy) is 1. The van der Waals surface area contributed by atoms with Gasteiger partial charge in [-0.05, 0) is 48.0 Å². The van der Waals surface area contributed by atoms with Crippen LogP contribution in [0.5, 0.6) is 5.75 Å². The molecule has 0 aliphatic heterocycles. The zero-order valence-electron chi connectivity index (χ0n) is 11.9. The molecule has 0 aliphatic rings. The van der Waals surface area contributed by atoms with Gasteiger partial charge in [-0.2, -0.15) is 0 Å². The van der Waals surface area contributed by atoms with E-state index in [1.165, 1.54) is 0 Å². The van der Waals surface area contributed by atoms with Gasteiger partial charge in [0.05, 0.1) is 12.2 Å². The Morgan fingerprint density at radius 3 is 2.65 bits per heavy atom. The minimum absolute atomic E-state index is 0.524. The molecule has 0 aromatic heterocycles. The molecule has 0 bridgehead atoms. The monoisotopic (exact) mass is 272 g/mol. The van der Waals surface area contributed by atoms with Crippen LogP contribution < -0.4 is 15.4 Å². The summed E-state index contributed by atoms with van der Waals surface area (Å²) < 4.78 is 5.65. The lowest BCUT2D eigenvalue weighted by atomic mass is 10.1. The highest BCUT2D eigenvalue weighted by Gasteiger charge is 2.07. The molecule has 2 aromatic carbocycles. The maximum atomic E-state index is 11.2. The van der Waals surface area contributed by atoms with Crippen LogP contribution in [0.15, 0.2) is 30.3 Å². The van der Waals surface area contributed by atoms with E-state index >= 15 is 0 Å². The van der Waals surface area contributed by atoms with Crippen molar-refractivity contribution in [3.8, 4) is 5.75 Å². The van der Waals surface area contributed by atoms with Gasteiger partial charge >= 0.3 is 0 Å². The average molecular weight is 272 g/mol. The fourth-order valence-corrected chi connectivity index (χ4v) is 2.04. The van der Waals surface area contributed by atoms with Gasteiger partial charge in [0.15, 0.2) is 6.29 Å². The largest absolute Gasteiger partial charge is 0.493 e. The summed E-state index contributed by atoms with van der Waals surface area (Å²) in [5.41, 5.74) is 7.14. The number of rotatable bonds is 6. The third-order valence-corrected chi connectivity index (χ3v) is 3.20. The van der Waals surface area contributed by atoms with Crippen LogP contribution in [0.2, 0.25) is 0 Å². The van der Waals surface area contributed by atoms with Crippen molar-refractivity contribution in [3.05, 3.63) is 35.9 Å². The van der Waals surface area contributed by atoms with Gasteiger partial charge in [-0.1, -0.05) is 6.07 Å². The van der Waals surface area contributed by atoms with Gasteiger partial charge < -0.3 is 15.4 Å². The Hall–Kier alpha value is -2.07. The number of anilines is 1. The fraction of sp³-hybridized carbons (Fsp3) is 0.312. The zero-order valence-corrected chi connectivity index (χ0v) is 11.9. The molecular weight excluding hydrogens is 252 g/mol. The number of benzene rings is 2. The first-order chi connectivity index (χ1) is 9.65. The number of carbonyl (C=O) groups is 1. The fourth-order valence-electron chi connectivity index (χ4n) is 2.04. The van der Waals surface area contributed by atoms with E-state index in [-0.39, 0.29) is 0 Å². The summed E-state index contributed by atoms with van der Waals surface area (Å²) in [5.74, 6) is 0.622. The molecule has 4 heteroatoms. The second-order valence-corrected chi connectivity index (χ2v) is 4.92. The Morgan fingerprint density at radius 2 is 2.00 bits per heavy atom. The molecule has 0 atom stereocenters. The molecule has 4 nitrogen and oxygen atoms in total. The van der Waals surface area contributed by atoms with Crippen LogP contribution in [0.3, 0.4) is 0 Å². The standard InChI is InChI=1S/C16H20N2O2/c1-18(2)15-5-4-12-8-14(11-19)16(10-13(12)9-15)20-7-3-6-17/h4-5,8-11H,3,6-7,17H2,1-2H3. The molecule has 0 heterocycles. The molecule has 2 aromatic rings. The second kappa shape index (κ2) is 6.39. The van der Waals surface area contributed by atoms with E-state index in [1.807, 2.05) is 43.3 Å². The number of nitrogens with two attached hydrogens (primary N) is 1. The van der Waals surface area contributed by atoms with Gasteiger partial charge in [0.1, 0.15) is 5.75 Å². The summed E-state index contributed by atoms with van der Waals surface area (Å²) in [7, 11) is 4.00. The molecule has 2 rings (SSSR count). The van der Waals surface area contributed by atoms with E-state index in [0.29, 0.717) is 24.5 Å². The Balaban J connectivity index is 2.41. The minimum Gasteiger partial charge on any atom is -0.493 e. The van der Waals surface area contributed by atoms with Crippen molar-refractivity contribution < 1.29 is 9.53 Å². The maximum absolute atomic E-state index is 11.2. The number of nitrogens with zero attached hydrogens (tertiary/aromatic N) is 1. The third kappa shape index (κ3) is 3.08. The highest BCUT2D eigenvalue weighted by molar-refractivity contribution is 5.93. The van der Waals surface area contributed by atoms with E-state index in [4.69, 9.17) is 10.5 Å². The van der Waals surface area contributed by atoms with Crippen molar-refractivity contribution in [1.29, 1.82) is 0 Å². The maximum Gasteiger partial charge on any atom is 0.153 e. The summed E-state index contributed by atoms with van der Waals surface area (Å²) in [6.45, 7) is 1.10. The highest BCUT2D eigenvalue weighted by Crippen LogP contribution is 2.28. The summed E-state index contributed by atoms with van der Waals surface area (Å²) in [4.78, 5) is 13.2. The van der Waals surface area contributed by atoms with Gasteiger partial charge in [-0.25, -0.2) is 0 Å². The van der Waals surface area contributed by atoms with Crippen LogP contribution in [0.1, 0.15) is 16.8 Å². The van der Waals surface area contributed by atoms with Gasteiger partial charge in [0.2, 0.25) is 0 Å².